The van der Waals surface area contributed by atoms with Crippen LogP contribution in [0.4, 0.5) is 0 Å². The average Bonchev–Trinajstić information content (AvgIpc) is 2.42. The normalized spacial score (nSPS) is 10.7. The van der Waals surface area contributed by atoms with Crippen LogP contribution in [0.5, 0.6) is 5.75 Å². The van der Waals surface area contributed by atoms with Crippen molar-refractivity contribution in [2.75, 3.05) is 6.54 Å². The van der Waals surface area contributed by atoms with Crippen LogP contribution < -0.4 is 10.5 Å². The topological polar surface area (TPSA) is 35.2 Å². The van der Waals surface area contributed by atoms with Crippen LogP contribution in [0.15, 0.2) is 39.3 Å². The molecule has 2 aromatic carbocycles. The molecule has 0 unspecified atom stereocenters. The fraction of sp³-hybridized carbons (Fsp3) is 0.294. The highest BCUT2D eigenvalue weighted by Crippen LogP contribution is 2.35. The molecule has 2 rings (SSSR count). The third-order valence-electron chi connectivity index (χ3n) is 3.37. The van der Waals surface area contributed by atoms with E-state index in [9.17, 15) is 0 Å². The summed E-state index contributed by atoms with van der Waals surface area (Å²) in [6, 6.07) is 10.5. The standard InChI is InChI=1S/C17H19Br2NO/c1-11-3-4-12(2)14(7-11)10-21-17-15(18)8-13(5-6-20)9-16(17)19/h3-4,7-9H,5-6,10,20H2,1-2H3. The minimum atomic E-state index is 0.556. The molecule has 2 aromatic rings. The number of ether oxygens (including phenoxy) is 1. The van der Waals surface area contributed by atoms with Crippen molar-refractivity contribution in [3.8, 4) is 5.75 Å². The van der Waals surface area contributed by atoms with E-state index in [4.69, 9.17) is 10.5 Å². The van der Waals surface area contributed by atoms with E-state index >= 15 is 0 Å². The van der Waals surface area contributed by atoms with E-state index in [0.717, 1.165) is 21.1 Å². The summed E-state index contributed by atoms with van der Waals surface area (Å²) in [5.41, 5.74) is 10.5. The molecule has 21 heavy (non-hydrogen) atoms. The Morgan fingerprint density at radius 3 is 2.33 bits per heavy atom. The molecule has 0 saturated carbocycles. The summed E-state index contributed by atoms with van der Waals surface area (Å²) in [4.78, 5) is 0. The van der Waals surface area contributed by atoms with Gasteiger partial charge in [-0.3, -0.25) is 0 Å². The van der Waals surface area contributed by atoms with Crippen LogP contribution in [0.3, 0.4) is 0 Å². The number of benzene rings is 2. The first-order chi connectivity index (χ1) is 10.0. The highest BCUT2D eigenvalue weighted by atomic mass is 79.9. The Morgan fingerprint density at radius 1 is 1.05 bits per heavy atom. The highest BCUT2D eigenvalue weighted by Gasteiger charge is 2.10. The van der Waals surface area contributed by atoms with Gasteiger partial charge in [0.15, 0.2) is 0 Å². The highest BCUT2D eigenvalue weighted by molar-refractivity contribution is 9.11. The predicted molar refractivity (Wildman–Crippen MR) is 94.8 cm³/mol. The summed E-state index contributed by atoms with van der Waals surface area (Å²) in [5.74, 6) is 0.830. The predicted octanol–water partition coefficient (Wildman–Crippen LogP) is 4.91. The van der Waals surface area contributed by atoms with Crippen molar-refractivity contribution in [1.29, 1.82) is 0 Å². The van der Waals surface area contributed by atoms with Gasteiger partial charge in [-0.05, 0) is 87.5 Å². The van der Waals surface area contributed by atoms with Crippen LogP contribution in [0, 0.1) is 13.8 Å². The zero-order valence-corrected chi connectivity index (χ0v) is 15.4. The molecule has 0 spiro atoms. The smallest absolute Gasteiger partial charge is 0.148 e. The Morgan fingerprint density at radius 2 is 1.71 bits per heavy atom. The van der Waals surface area contributed by atoms with Crippen molar-refractivity contribution in [2.45, 2.75) is 26.9 Å². The summed E-state index contributed by atoms with van der Waals surface area (Å²) in [6.07, 6.45) is 0.856. The molecule has 0 saturated heterocycles. The molecule has 4 heteroatoms. The first-order valence-corrected chi connectivity index (χ1v) is 8.46. The second-order valence-corrected chi connectivity index (χ2v) is 6.85. The SMILES string of the molecule is Cc1ccc(C)c(COc2c(Br)cc(CCN)cc2Br)c1. The maximum atomic E-state index is 6.00. The molecular weight excluding hydrogens is 394 g/mol. The number of hydrogen-bond acceptors (Lipinski definition) is 2. The van der Waals surface area contributed by atoms with Gasteiger partial charge in [-0.1, -0.05) is 23.8 Å². The lowest BCUT2D eigenvalue weighted by atomic mass is 10.1. The first-order valence-electron chi connectivity index (χ1n) is 6.88. The van der Waals surface area contributed by atoms with E-state index in [1.807, 2.05) is 0 Å². The van der Waals surface area contributed by atoms with Gasteiger partial charge in [-0.25, -0.2) is 0 Å². The summed E-state index contributed by atoms with van der Waals surface area (Å²) in [6.45, 7) is 5.39. The van der Waals surface area contributed by atoms with Crippen molar-refractivity contribution in [3.63, 3.8) is 0 Å². The maximum Gasteiger partial charge on any atom is 0.148 e. The van der Waals surface area contributed by atoms with E-state index in [0.29, 0.717) is 13.2 Å². The first kappa shape index (κ1) is 16.5. The Hall–Kier alpha value is -0.840. The molecule has 2 N–H and O–H groups in total. The minimum Gasteiger partial charge on any atom is -0.487 e. The molecule has 0 radical (unpaired) electrons. The largest absolute Gasteiger partial charge is 0.487 e. The quantitative estimate of drug-likeness (QED) is 0.757. The van der Waals surface area contributed by atoms with Gasteiger partial charge < -0.3 is 10.5 Å². The average molecular weight is 413 g/mol. The molecule has 112 valence electrons. The molecule has 0 aliphatic heterocycles. The molecule has 0 amide bonds. The van der Waals surface area contributed by atoms with E-state index < -0.39 is 0 Å². The number of nitrogens with two attached hydrogens (primary N) is 1. The zero-order valence-electron chi connectivity index (χ0n) is 12.2. The monoisotopic (exact) mass is 411 g/mol. The van der Waals surface area contributed by atoms with Crippen LogP contribution in [0.25, 0.3) is 0 Å². The number of halogens is 2. The zero-order chi connectivity index (χ0) is 15.4. The molecule has 0 fully saturated rings. The van der Waals surface area contributed by atoms with Gasteiger partial charge in [-0.2, -0.15) is 0 Å². The molecular formula is C17H19Br2NO. The van der Waals surface area contributed by atoms with Gasteiger partial charge in [-0.15, -0.1) is 0 Å². The second-order valence-electron chi connectivity index (χ2n) is 5.15. The lowest BCUT2D eigenvalue weighted by Gasteiger charge is -2.14. The van der Waals surface area contributed by atoms with Crippen molar-refractivity contribution in [3.05, 3.63) is 61.5 Å². The minimum absolute atomic E-state index is 0.556. The molecule has 2 nitrogen and oxygen atoms in total. The molecule has 0 bridgehead atoms. The fourth-order valence-electron chi connectivity index (χ4n) is 2.17. The molecule has 0 atom stereocenters. The molecule has 0 aromatic heterocycles. The van der Waals surface area contributed by atoms with Crippen LogP contribution in [-0.4, -0.2) is 6.54 Å². The van der Waals surface area contributed by atoms with Gasteiger partial charge in [0.1, 0.15) is 12.4 Å². The van der Waals surface area contributed by atoms with Gasteiger partial charge >= 0.3 is 0 Å². The van der Waals surface area contributed by atoms with Crippen LogP contribution in [-0.2, 0) is 13.0 Å². The van der Waals surface area contributed by atoms with E-state index in [2.05, 4.69) is 76.0 Å². The third-order valence-corrected chi connectivity index (χ3v) is 4.55. The number of rotatable bonds is 5. The van der Waals surface area contributed by atoms with Gasteiger partial charge in [0.2, 0.25) is 0 Å². The summed E-state index contributed by atoms with van der Waals surface area (Å²) < 4.78 is 7.90. The maximum absolute atomic E-state index is 6.00. The van der Waals surface area contributed by atoms with Crippen LogP contribution in [0.2, 0.25) is 0 Å². The molecule has 0 heterocycles. The third kappa shape index (κ3) is 4.31. The lowest BCUT2D eigenvalue weighted by molar-refractivity contribution is 0.301. The number of hydrogen-bond donors (Lipinski definition) is 1. The Labute approximate surface area is 143 Å². The Kier molecular flexibility index (Phi) is 5.85. The second kappa shape index (κ2) is 7.43. The molecule has 0 aliphatic rings. The van der Waals surface area contributed by atoms with Crippen molar-refractivity contribution in [1.82, 2.24) is 0 Å². The van der Waals surface area contributed by atoms with E-state index in [-0.39, 0.29) is 0 Å². The van der Waals surface area contributed by atoms with E-state index in [1.54, 1.807) is 0 Å². The van der Waals surface area contributed by atoms with Gasteiger partial charge in [0, 0.05) is 0 Å². The van der Waals surface area contributed by atoms with Crippen molar-refractivity contribution in [2.24, 2.45) is 5.73 Å². The van der Waals surface area contributed by atoms with Crippen molar-refractivity contribution >= 4 is 31.9 Å². The summed E-state index contributed by atoms with van der Waals surface area (Å²) in [5, 5.41) is 0. The fourth-order valence-corrected chi connectivity index (χ4v) is 3.68. The molecule has 0 aliphatic carbocycles. The van der Waals surface area contributed by atoms with Crippen LogP contribution in [0.1, 0.15) is 22.3 Å². The number of aryl methyl sites for hydroxylation is 2. The Balaban J connectivity index is 2.18. The summed E-state index contributed by atoms with van der Waals surface area (Å²) >= 11 is 7.16. The van der Waals surface area contributed by atoms with Gasteiger partial charge in [0.25, 0.3) is 0 Å². The lowest BCUT2D eigenvalue weighted by Crippen LogP contribution is -2.04. The van der Waals surface area contributed by atoms with Crippen LogP contribution >= 0.6 is 31.9 Å². The van der Waals surface area contributed by atoms with Gasteiger partial charge in [0.05, 0.1) is 8.95 Å². The Bertz CT molecular complexity index is 618. The van der Waals surface area contributed by atoms with E-state index in [1.165, 1.54) is 22.3 Å². The summed E-state index contributed by atoms with van der Waals surface area (Å²) in [7, 11) is 0. The van der Waals surface area contributed by atoms with Crippen molar-refractivity contribution < 1.29 is 4.74 Å².